The van der Waals surface area contributed by atoms with Crippen molar-refractivity contribution in [1.29, 1.82) is 0 Å². The van der Waals surface area contributed by atoms with Crippen molar-refractivity contribution in [3.63, 3.8) is 0 Å². The fourth-order valence-corrected chi connectivity index (χ4v) is 0.627. The first kappa shape index (κ1) is 5.38. The van der Waals surface area contributed by atoms with Crippen LogP contribution in [0.4, 0.5) is 5.69 Å². The number of benzene rings is 1. The van der Waals surface area contributed by atoms with Gasteiger partial charge in [-0.25, -0.2) is 0 Å². The van der Waals surface area contributed by atoms with Crippen molar-refractivity contribution in [2.75, 3.05) is 5.73 Å². The number of hydrogen-bond donors (Lipinski definition) is 1. The van der Waals surface area contributed by atoms with Crippen LogP contribution in [0.1, 0.15) is 0 Å². The summed E-state index contributed by atoms with van der Waals surface area (Å²) in [6, 6.07) is 7.34. The molecule has 0 aromatic heterocycles. The topological polar surface area (TPSA) is 26.0 Å². The molecule has 0 fully saturated rings. The minimum absolute atomic E-state index is 0.683. The summed E-state index contributed by atoms with van der Waals surface area (Å²) in [7, 11) is 0. The first-order valence-corrected chi connectivity index (χ1v) is 2.73. The van der Waals surface area contributed by atoms with E-state index in [4.69, 9.17) is 18.4 Å². The van der Waals surface area contributed by atoms with Gasteiger partial charge in [0, 0.05) is 5.69 Å². The van der Waals surface area contributed by atoms with Gasteiger partial charge in [-0.05, 0) is 12.1 Å². The molecular weight excluding hydrogens is 118 g/mol. The average molecular weight is 124 g/mol. The zero-order chi connectivity index (χ0) is 5.98. The lowest BCUT2D eigenvalue weighted by Gasteiger charge is -1.91. The number of anilines is 1. The largest absolute Gasteiger partial charge is 0.398 e. The molecule has 1 aromatic carbocycles. The van der Waals surface area contributed by atoms with Gasteiger partial charge in [-0.2, -0.15) is 0 Å². The minimum Gasteiger partial charge on any atom is -0.398 e. The summed E-state index contributed by atoms with van der Waals surface area (Å²) < 4.78 is 0. The lowest BCUT2D eigenvalue weighted by Crippen LogP contribution is -1.83. The van der Waals surface area contributed by atoms with Crippen LogP contribution < -0.4 is 5.73 Å². The van der Waals surface area contributed by atoms with Crippen LogP contribution in [0.25, 0.3) is 0 Å². The van der Waals surface area contributed by atoms with Gasteiger partial charge in [0.25, 0.3) is 0 Å². The van der Waals surface area contributed by atoms with Crippen molar-refractivity contribution in [1.82, 2.24) is 0 Å². The Balaban J connectivity index is 3.13. The lowest BCUT2D eigenvalue weighted by atomic mass is 10.3. The molecule has 1 aromatic rings. The van der Waals surface area contributed by atoms with E-state index in [1.165, 1.54) is 0 Å². The molecule has 1 nitrogen and oxygen atoms in total. The Hall–Kier alpha value is -0.760. The molecule has 0 bridgehead atoms. The maximum absolute atomic E-state index is 5.42. The Kier molecular flexibility index (Phi) is 1.35. The second-order valence-corrected chi connectivity index (χ2v) is 1.98. The highest BCUT2D eigenvalue weighted by atomic mass is 32.1. The van der Waals surface area contributed by atoms with Crippen molar-refractivity contribution < 1.29 is 0 Å². The van der Waals surface area contributed by atoms with Crippen molar-refractivity contribution in [2.45, 2.75) is 4.90 Å². The van der Waals surface area contributed by atoms with Gasteiger partial charge >= 0.3 is 0 Å². The van der Waals surface area contributed by atoms with Crippen LogP contribution in [0.2, 0.25) is 0 Å². The second-order valence-electron chi connectivity index (χ2n) is 1.54. The van der Waals surface area contributed by atoms with E-state index in [9.17, 15) is 0 Å². The van der Waals surface area contributed by atoms with Gasteiger partial charge in [-0.15, -0.1) is 0 Å². The van der Waals surface area contributed by atoms with Crippen molar-refractivity contribution in [3.05, 3.63) is 24.3 Å². The monoisotopic (exact) mass is 124 g/mol. The van der Waals surface area contributed by atoms with Crippen LogP contribution in [0, 0.1) is 0 Å². The molecule has 0 aliphatic heterocycles. The van der Waals surface area contributed by atoms with Crippen LogP contribution in [-0.4, -0.2) is 0 Å². The van der Waals surface area contributed by atoms with Crippen LogP contribution in [0.15, 0.2) is 29.2 Å². The van der Waals surface area contributed by atoms with E-state index >= 15 is 0 Å². The molecule has 2 N–H and O–H groups in total. The van der Waals surface area contributed by atoms with E-state index in [0.717, 1.165) is 4.90 Å². The first-order chi connectivity index (χ1) is 3.80. The molecular formula is C6H6NS. The Bertz CT molecular complexity index is 165. The molecule has 2 heteroatoms. The Morgan fingerprint density at radius 3 is 2.25 bits per heavy atom. The number of nitrogens with two attached hydrogens (primary N) is 1. The van der Waals surface area contributed by atoms with Crippen molar-refractivity contribution in [2.24, 2.45) is 0 Å². The summed E-state index contributed by atoms with van der Waals surface area (Å²) in [6.45, 7) is 0. The molecule has 0 spiro atoms. The van der Waals surface area contributed by atoms with Gasteiger partial charge in [0.15, 0.2) is 0 Å². The van der Waals surface area contributed by atoms with E-state index in [1.54, 1.807) is 6.07 Å². The number of hydrogen-bond acceptors (Lipinski definition) is 1. The maximum atomic E-state index is 5.42. The average Bonchev–Trinajstić information content (AvgIpc) is 1.77. The smallest absolute Gasteiger partial charge is 0.0606 e. The summed E-state index contributed by atoms with van der Waals surface area (Å²) in [6.07, 6.45) is 0. The van der Waals surface area contributed by atoms with Gasteiger partial charge in [0.2, 0.25) is 0 Å². The molecule has 0 saturated carbocycles. The first-order valence-electron chi connectivity index (χ1n) is 2.32. The van der Waals surface area contributed by atoms with Gasteiger partial charge < -0.3 is 5.73 Å². The molecule has 0 aliphatic carbocycles. The molecule has 0 amide bonds. The summed E-state index contributed by atoms with van der Waals surface area (Å²) in [5.41, 5.74) is 6.10. The summed E-state index contributed by atoms with van der Waals surface area (Å²) >= 11 is 4.83. The Labute approximate surface area is 53.9 Å². The zero-order valence-corrected chi connectivity index (χ0v) is 5.11. The third kappa shape index (κ3) is 0.898. The third-order valence-corrected chi connectivity index (χ3v) is 1.29. The number of nitrogen functional groups attached to an aromatic ring is 1. The molecule has 0 heterocycles. The highest BCUT2D eigenvalue weighted by Gasteiger charge is 1.87. The van der Waals surface area contributed by atoms with Crippen LogP contribution in [-0.2, 0) is 0 Å². The third-order valence-electron chi connectivity index (χ3n) is 0.919. The standard InChI is InChI=1S/C6H6NS/c7-5-3-1-2-4-6(5)8/h1-4H,7H2. The molecule has 0 atom stereocenters. The van der Waals surface area contributed by atoms with E-state index in [1.807, 2.05) is 18.2 Å². The summed E-state index contributed by atoms with van der Waals surface area (Å²) in [4.78, 5) is 0.729. The fraction of sp³-hybridized carbons (Fsp3) is 0. The van der Waals surface area contributed by atoms with Gasteiger partial charge in [0.1, 0.15) is 0 Å². The van der Waals surface area contributed by atoms with Crippen molar-refractivity contribution >= 4 is 18.3 Å². The minimum atomic E-state index is 0.683. The number of rotatable bonds is 0. The SMILES string of the molecule is Nc1ccccc1[S]. The number of para-hydroxylation sites is 1. The lowest BCUT2D eigenvalue weighted by molar-refractivity contribution is 1.48. The van der Waals surface area contributed by atoms with Gasteiger partial charge in [-0.1, -0.05) is 24.8 Å². The molecule has 0 aliphatic rings. The van der Waals surface area contributed by atoms with Crippen molar-refractivity contribution in [3.8, 4) is 0 Å². The molecule has 8 heavy (non-hydrogen) atoms. The summed E-state index contributed by atoms with van der Waals surface area (Å²) in [5, 5.41) is 0. The predicted octanol–water partition coefficient (Wildman–Crippen LogP) is 1.83. The Morgan fingerprint density at radius 2 is 1.88 bits per heavy atom. The molecule has 1 rings (SSSR count). The van der Waals surface area contributed by atoms with E-state index in [-0.39, 0.29) is 0 Å². The maximum Gasteiger partial charge on any atom is 0.0606 e. The molecule has 1 radical (unpaired) electrons. The van der Waals surface area contributed by atoms with E-state index in [0.29, 0.717) is 5.69 Å². The van der Waals surface area contributed by atoms with Crippen LogP contribution >= 0.6 is 12.6 Å². The van der Waals surface area contributed by atoms with E-state index < -0.39 is 0 Å². The summed E-state index contributed by atoms with van der Waals surface area (Å²) in [5.74, 6) is 0. The van der Waals surface area contributed by atoms with Gasteiger partial charge in [-0.3, -0.25) is 0 Å². The Morgan fingerprint density at radius 1 is 1.25 bits per heavy atom. The highest BCUT2D eigenvalue weighted by molar-refractivity contribution is 7.80. The zero-order valence-electron chi connectivity index (χ0n) is 4.29. The second kappa shape index (κ2) is 2.01. The quantitative estimate of drug-likeness (QED) is 0.524. The normalized spacial score (nSPS) is 9.00. The predicted molar refractivity (Wildman–Crippen MR) is 36.7 cm³/mol. The molecule has 41 valence electrons. The molecule has 0 unspecified atom stereocenters. The van der Waals surface area contributed by atoms with E-state index in [2.05, 4.69) is 0 Å². The highest BCUT2D eigenvalue weighted by Crippen LogP contribution is 2.13. The fourth-order valence-electron chi connectivity index (χ4n) is 0.481. The van der Waals surface area contributed by atoms with Crippen LogP contribution in [0.3, 0.4) is 0 Å². The molecule has 0 saturated heterocycles. The van der Waals surface area contributed by atoms with Gasteiger partial charge in [0.05, 0.1) is 4.90 Å². The van der Waals surface area contributed by atoms with Crippen LogP contribution in [0.5, 0.6) is 0 Å².